The van der Waals surface area contributed by atoms with E-state index in [1.165, 1.54) is 0 Å². The average molecular weight is 377 g/mol. The third-order valence-corrected chi connectivity index (χ3v) is 5.69. The van der Waals surface area contributed by atoms with Crippen molar-refractivity contribution in [2.75, 3.05) is 13.1 Å². The second-order valence-corrected chi connectivity index (χ2v) is 8.25. The minimum Gasteiger partial charge on any atom is -0.485 e. The van der Waals surface area contributed by atoms with Gasteiger partial charge in [-0.2, -0.15) is 5.26 Å². The van der Waals surface area contributed by atoms with Crippen molar-refractivity contribution >= 4 is 17.2 Å². The second-order valence-electron chi connectivity index (χ2n) is 7.18. The van der Waals surface area contributed by atoms with Crippen LogP contribution in [0.2, 0.25) is 0 Å². The van der Waals surface area contributed by atoms with E-state index < -0.39 is 17.7 Å². The van der Waals surface area contributed by atoms with E-state index in [4.69, 9.17) is 10.00 Å². The van der Waals surface area contributed by atoms with Crippen molar-refractivity contribution in [2.24, 2.45) is 0 Å². The van der Waals surface area contributed by atoms with Gasteiger partial charge in [-0.3, -0.25) is 4.79 Å². The van der Waals surface area contributed by atoms with Crippen molar-refractivity contribution in [1.82, 2.24) is 9.62 Å². The molecule has 1 fully saturated rings. The standard InChI is InChI=1S/C18H23N3O4S/c1-18(2)16(23)15(13-9-11(10-19)3-4-14(13)25-18)20-17(24)26-21-7-5-12(22)6-8-21/h3-4,9,12,15-16,22-23H,5-8H2,1-2H3,(H,20,24). The number of amides is 1. The lowest BCUT2D eigenvalue weighted by Gasteiger charge is -2.42. The number of aliphatic hydroxyl groups is 2. The van der Waals surface area contributed by atoms with Crippen LogP contribution in [-0.2, 0) is 0 Å². The minimum atomic E-state index is -0.961. The van der Waals surface area contributed by atoms with Gasteiger partial charge in [0, 0.05) is 30.6 Å². The van der Waals surface area contributed by atoms with E-state index >= 15 is 0 Å². The number of piperidine rings is 1. The van der Waals surface area contributed by atoms with E-state index in [0.29, 0.717) is 42.8 Å². The average Bonchev–Trinajstić information content (AvgIpc) is 2.60. The molecule has 8 heteroatoms. The van der Waals surface area contributed by atoms with Crippen molar-refractivity contribution < 1.29 is 19.7 Å². The molecule has 26 heavy (non-hydrogen) atoms. The van der Waals surface area contributed by atoms with E-state index in [9.17, 15) is 15.0 Å². The maximum absolute atomic E-state index is 12.5. The van der Waals surface area contributed by atoms with Gasteiger partial charge in [0.05, 0.1) is 23.8 Å². The van der Waals surface area contributed by atoms with Crippen LogP contribution in [0.15, 0.2) is 18.2 Å². The summed E-state index contributed by atoms with van der Waals surface area (Å²) in [6.07, 6.45) is 0.0179. The van der Waals surface area contributed by atoms with Crippen LogP contribution < -0.4 is 10.1 Å². The van der Waals surface area contributed by atoms with Crippen LogP contribution in [0, 0.1) is 11.3 Å². The van der Waals surface area contributed by atoms with Gasteiger partial charge in [0.2, 0.25) is 0 Å². The Labute approximate surface area is 157 Å². The maximum Gasteiger partial charge on any atom is 0.294 e. The fourth-order valence-electron chi connectivity index (χ4n) is 3.23. The topological polar surface area (TPSA) is 106 Å². The lowest BCUT2D eigenvalue weighted by atomic mass is 9.86. The smallest absolute Gasteiger partial charge is 0.294 e. The van der Waals surface area contributed by atoms with Crippen LogP contribution in [0.25, 0.3) is 0 Å². The molecule has 0 radical (unpaired) electrons. The molecule has 0 bridgehead atoms. The summed E-state index contributed by atoms with van der Waals surface area (Å²) in [5.41, 5.74) is 0.161. The first-order valence-electron chi connectivity index (χ1n) is 8.63. The number of aliphatic hydroxyl groups excluding tert-OH is 2. The molecule has 0 aromatic heterocycles. The van der Waals surface area contributed by atoms with Crippen LogP contribution in [-0.4, -0.2) is 50.7 Å². The number of nitriles is 1. The van der Waals surface area contributed by atoms with Crippen molar-refractivity contribution in [1.29, 1.82) is 5.26 Å². The minimum absolute atomic E-state index is 0.281. The molecule has 7 nitrogen and oxygen atoms in total. The van der Waals surface area contributed by atoms with Crippen LogP contribution >= 0.6 is 11.9 Å². The van der Waals surface area contributed by atoms with Crippen LogP contribution in [0.1, 0.15) is 43.9 Å². The lowest BCUT2D eigenvalue weighted by Crippen LogP contribution is -2.53. The second kappa shape index (κ2) is 7.45. The summed E-state index contributed by atoms with van der Waals surface area (Å²) >= 11 is 1.06. The molecule has 0 saturated carbocycles. The highest BCUT2D eigenvalue weighted by Crippen LogP contribution is 2.40. The first-order valence-corrected chi connectivity index (χ1v) is 9.40. The van der Waals surface area contributed by atoms with E-state index in [2.05, 4.69) is 11.4 Å². The fraction of sp³-hybridized carbons (Fsp3) is 0.556. The predicted molar refractivity (Wildman–Crippen MR) is 97.5 cm³/mol. The molecule has 1 aromatic carbocycles. The van der Waals surface area contributed by atoms with E-state index in [0.717, 1.165) is 11.9 Å². The Morgan fingerprint density at radius 1 is 1.38 bits per heavy atom. The highest BCUT2D eigenvalue weighted by Gasteiger charge is 2.43. The molecular weight excluding hydrogens is 354 g/mol. The predicted octanol–water partition coefficient (Wildman–Crippen LogP) is 1.95. The van der Waals surface area contributed by atoms with Gasteiger partial charge in [-0.25, -0.2) is 4.31 Å². The number of hydrogen-bond donors (Lipinski definition) is 3. The first-order chi connectivity index (χ1) is 12.3. The number of fused-ring (bicyclic) bond motifs is 1. The SMILES string of the molecule is CC1(C)Oc2ccc(C#N)cc2C(NC(=O)SN2CCC(O)CC2)C1O. The molecule has 2 aliphatic heterocycles. The summed E-state index contributed by atoms with van der Waals surface area (Å²) in [4.78, 5) is 12.5. The Morgan fingerprint density at radius 3 is 2.73 bits per heavy atom. The zero-order valence-electron chi connectivity index (χ0n) is 14.8. The van der Waals surface area contributed by atoms with Crippen molar-refractivity contribution in [3.63, 3.8) is 0 Å². The van der Waals surface area contributed by atoms with E-state index in [-0.39, 0.29) is 11.3 Å². The largest absolute Gasteiger partial charge is 0.485 e. The molecule has 1 saturated heterocycles. The zero-order valence-corrected chi connectivity index (χ0v) is 15.6. The molecule has 1 aromatic rings. The molecule has 3 N–H and O–H groups in total. The molecular formula is C18H23N3O4S. The molecule has 2 unspecified atom stereocenters. The highest BCUT2D eigenvalue weighted by molar-refractivity contribution is 8.11. The van der Waals surface area contributed by atoms with Crippen LogP contribution in [0.5, 0.6) is 5.75 Å². The molecule has 1 amide bonds. The molecule has 0 aliphatic carbocycles. The van der Waals surface area contributed by atoms with Gasteiger partial charge in [-0.15, -0.1) is 0 Å². The van der Waals surface area contributed by atoms with Crippen molar-refractivity contribution in [3.8, 4) is 11.8 Å². The Balaban J connectivity index is 1.77. The Morgan fingerprint density at radius 2 is 2.08 bits per heavy atom. The summed E-state index contributed by atoms with van der Waals surface area (Å²) in [6, 6.07) is 6.39. The Bertz CT molecular complexity index is 726. The molecule has 2 aliphatic rings. The highest BCUT2D eigenvalue weighted by atomic mass is 32.2. The van der Waals surface area contributed by atoms with E-state index in [1.807, 2.05) is 4.31 Å². The van der Waals surface area contributed by atoms with Gasteiger partial charge < -0.3 is 20.3 Å². The number of carbonyl (C=O) groups is 1. The van der Waals surface area contributed by atoms with Gasteiger partial charge in [0.15, 0.2) is 0 Å². The number of hydrogen-bond acceptors (Lipinski definition) is 7. The molecule has 3 rings (SSSR count). The monoisotopic (exact) mass is 377 g/mol. The summed E-state index contributed by atoms with van der Waals surface area (Å²) in [7, 11) is 0. The van der Waals surface area contributed by atoms with Crippen molar-refractivity contribution in [2.45, 2.75) is 50.5 Å². The quantitative estimate of drug-likeness (QED) is 0.676. The molecule has 2 atom stereocenters. The Hall–Kier alpha value is -1.79. The van der Waals surface area contributed by atoms with Crippen LogP contribution in [0.4, 0.5) is 4.79 Å². The number of nitrogens with one attached hydrogen (secondary N) is 1. The van der Waals surface area contributed by atoms with Crippen molar-refractivity contribution in [3.05, 3.63) is 29.3 Å². The van der Waals surface area contributed by atoms with Gasteiger partial charge >= 0.3 is 0 Å². The first kappa shape index (κ1) is 19.0. The number of carbonyl (C=O) groups excluding carboxylic acids is 1. The summed E-state index contributed by atoms with van der Waals surface area (Å²) in [6.45, 7) is 4.79. The van der Waals surface area contributed by atoms with E-state index in [1.54, 1.807) is 32.0 Å². The lowest BCUT2D eigenvalue weighted by molar-refractivity contribution is -0.0616. The Kier molecular flexibility index (Phi) is 5.44. The number of benzene rings is 1. The number of nitrogens with zero attached hydrogens (tertiary/aromatic N) is 2. The number of rotatable bonds is 2. The number of ether oxygens (including phenoxy) is 1. The van der Waals surface area contributed by atoms with Crippen LogP contribution in [0.3, 0.4) is 0 Å². The summed E-state index contributed by atoms with van der Waals surface area (Å²) in [5.74, 6) is 0.552. The van der Waals surface area contributed by atoms with Gasteiger partial charge in [0.1, 0.15) is 17.5 Å². The summed E-state index contributed by atoms with van der Waals surface area (Å²) in [5, 5.41) is 32.0. The molecule has 140 valence electrons. The molecule has 0 spiro atoms. The van der Waals surface area contributed by atoms with Gasteiger partial charge in [0.25, 0.3) is 5.24 Å². The maximum atomic E-state index is 12.5. The van der Waals surface area contributed by atoms with Gasteiger partial charge in [-0.1, -0.05) is 0 Å². The van der Waals surface area contributed by atoms with Gasteiger partial charge in [-0.05, 0) is 44.9 Å². The fourth-order valence-corrected chi connectivity index (χ4v) is 4.04. The summed E-state index contributed by atoms with van der Waals surface area (Å²) < 4.78 is 7.76. The third kappa shape index (κ3) is 3.96. The normalized spacial score (nSPS) is 25.7. The third-order valence-electron chi connectivity index (χ3n) is 4.78. The zero-order chi connectivity index (χ0) is 18.9. The molecule has 2 heterocycles.